The van der Waals surface area contributed by atoms with Crippen molar-refractivity contribution in [1.82, 2.24) is 4.90 Å². The molecule has 1 aromatic carbocycles. The van der Waals surface area contributed by atoms with Gasteiger partial charge in [0.15, 0.2) is 0 Å². The molecule has 2 nitrogen and oxygen atoms in total. The van der Waals surface area contributed by atoms with E-state index < -0.39 is 0 Å². The minimum absolute atomic E-state index is 0.784. The van der Waals surface area contributed by atoms with Crippen LogP contribution < -0.4 is 5.32 Å². The lowest BCUT2D eigenvalue weighted by molar-refractivity contribution is 0.217. The molecule has 1 saturated heterocycles. The maximum atomic E-state index is 3.57. The number of anilines is 1. The molecule has 0 aromatic heterocycles. The molecule has 1 aromatic rings. The first kappa shape index (κ1) is 13.6. The zero-order chi connectivity index (χ0) is 12.3. The van der Waals surface area contributed by atoms with Crippen molar-refractivity contribution in [2.45, 2.75) is 12.8 Å². The zero-order valence-electron chi connectivity index (χ0n) is 10.0. The lowest BCUT2D eigenvalue weighted by Crippen LogP contribution is -2.35. The highest BCUT2D eigenvalue weighted by molar-refractivity contribution is 14.1. The van der Waals surface area contributed by atoms with E-state index in [0.717, 1.165) is 12.5 Å². The minimum atomic E-state index is 0.784. The van der Waals surface area contributed by atoms with Crippen molar-refractivity contribution in [1.29, 1.82) is 0 Å². The fraction of sp³-hybridized carbons (Fsp3) is 0.538. The van der Waals surface area contributed by atoms with Gasteiger partial charge in [-0.25, -0.2) is 0 Å². The van der Waals surface area contributed by atoms with Crippen LogP contribution in [0.2, 0.25) is 0 Å². The Labute approximate surface area is 125 Å². The number of hydrogen-bond donors (Lipinski definition) is 1. The predicted octanol–water partition coefficient (Wildman–Crippen LogP) is 3.81. The number of nitrogens with one attached hydrogen (secondary N) is 1. The van der Waals surface area contributed by atoms with Gasteiger partial charge in [-0.15, -0.1) is 0 Å². The second kappa shape index (κ2) is 6.38. The molecule has 1 aliphatic rings. The van der Waals surface area contributed by atoms with Crippen LogP contribution in [-0.4, -0.2) is 31.6 Å². The van der Waals surface area contributed by atoms with Gasteiger partial charge in [-0.2, -0.15) is 0 Å². The van der Waals surface area contributed by atoms with Gasteiger partial charge in [0, 0.05) is 26.8 Å². The van der Waals surface area contributed by atoms with Crippen LogP contribution in [0.1, 0.15) is 12.8 Å². The number of rotatable bonds is 3. The summed E-state index contributed by atoms with van der Waals surface area (Å²) in [6.07, 6.45) is 2.68. The van der Waals surface area contributed by atoms with E-state index >= 15 is 0 Å². The van der Waals surface area contributed by atoms with Gasteiger partial charge in [0.1, 0.15) is 0 Å². The van der Waals surface area contributed by atoms with E-state index in [1.165, 1.54) is 39.7 Å². The van der Waals surface area contributed by atoms with E-state index in [1.54, 1.807) is 0 Å². The molecule has 0 spiro atoms. The number of halogens is 2. The molecule has 0 bridgehead atoms. The first-order valence-electron chi connectivity index (χ1n) is 6.02. The summed E-state index contributed by atoms with van der Waals surface area (Å²) in [4.78, 5) is 2.43. The number of nitrogens with zero attached hydrogens (tertiary/aromatic N) is 1. The van der Waals surface area contributed by atoms with Crippen molar-refractivity contribution in [3.05, 3.63) is 26.2 Å². The molecule has 1 N–H and O–H groups in total. The number of benzene rings is 1. The second-order valence-corrected chi connectivity index (χ2v) is 6.80. The lowest BCUT2D eigenvalue weighted by atomic mass is 9.98. The Bertz CT molecular complexity index is 384. The maximum Gasteiger partial charge on any atom is 0.0352 e. The monoisotopic (exact) mass is 408 g/mol. The van der Waals surface area contributed by atoms with Crippen LogP contribution in [0.15, 0.2) is 22.7 Å². The average molecular weight is 409 g/mol. The molecule has 1 atom stereocenters. The Balaban J connectivity index is 1.86. The van der Waals surface area contributed by atoms with E-state index in [1.807, 2.05) is 0 Å². The first-order chi connectivity index (χ1) is 8.15. The number of hydrogen-bond acceptors (Lipinski definition) is 2. The van der Waals surface area contributed by atoms with E-state index in [2.05, 4.69) is 74.0 Å². The van der Waals surface area contributed by atoms with E-state index in [9.17, 15) is 0 Å². The highest BCUT2D eigenvalue weighted by Gasteiger charge is 2.16. The normalized spacial score (nSPS) is 21.5. The summed E-state index contributed by atoms with van der Waals surface area (Å²) < 4.78 is 2.43. The average Bonchev–Trinajstić information content (AvgIpc) is 2.31. The van der Waals surface area contributed by atoms with Crippen molar-refractivity contribution < 1.29 is 0 Å². The third kappa shape index (κ3) is 4.10. The van der Waals surface area contributed by atoms with Crippen LogP contribution in [0.5, 0.6) is 0 Å². The van der Waals surface area contributed by atoms with Gasteiger partial charge in [-0.3, -0.25) is 0 Å². The molecule has 2 rings (SSSR count). The summed E-state index contributed by atoms with van der Waals surface area (Å²) in [5, 5.41) is 3.54. The molecule has 1 fully saturated rings. The molecule has 0 radical (unpaired) electrons. The van der Waals surface area contributed by atoms with Gasteiger partial charge in [-0.05, 0) is 89.1 Å². The Hall–Kier alpha value is 0.190. The van der Waals surface area contributed by atoms with Crippen molar-refractivity contribution in [2.75, 3.05) is 32.0 Å². The molecule has 94 valence electrons. The standard InChI is InChI=1S/C13H18BrIN2/c1-17-6-2-3-10(9-17)8-16-11-4-5-13(15)12(14)7-11/h4-5,7,10,16H,2-3,6,8-9H2,1H3. The predicted molar refractivity (Wildman–Crippen MR) is 85.6 cm³/mol. The zero-order valence-corrected chi connectivity index (χ0v) is 13.8. The molecule has 1 unspecified atom stereocenters. The Morgan fingerprint density at radius 3 is 3.06 bits per heavy atom. The molecule has 0 amide bonds. The molecule has 0 aliphatic carbocycles. The molecule has 4 heteroatoms. The Morgan fingerprint density at radius 2 is 2.35 bits per heavy atom. The maximum absolute atomic E-state index is 3.57. The van der Waals surface area contributed by atoms with Crippen LogP contribution in [0.3, 0.4) is 0 Å². The first-order valence-corrected chi connectivity index (χ1v) is 7.90. The van der Waals surface area contributed by atoms with Gasteiger partial charge in [0.25, 0.3) is 0 Å². The fourth-order valence-corrected chi connectivity index (χ4v) is 3.02. The van der Waals surface area contributed by atoms with E-state index in [0.29, 0.717) is 0 Å². The number of piperidine rings is 1. The topological polar surface area (TPSA) is 15.3 Å². The van der Waals surface area contributed by atoms with Crippen LogP contribution in [-0.2, 0) is 0 Å². The van der Waals surface area contributed by atoms with Crippen LogP contribution in [0.25, 0.3) is 0 Å². The third-order valence-corrected chi connectivity index (χ3v) is 5.57. The van der Waals surface area contributed by atoms with Crippen LogP contribution in [0, 0.1) is 9.49 Å². The van der Waals surface area contributed by atoms with Gasteiger partial charge < -0.3 is 10.2 Å². The highest BCUT2D eigenvalue weighted by atomic mass is 127. The smallest absolute Gasteiger partial charge is 0.0352 e. The quantitative estimate of drug-likeness (QED) is 0.765. The minimum Gasteiger partial charge on any atom is -0.385 e. The molecular formula is C13H18BrIN2. The van der Waals surface area contributed by atoms with Crippen LogP contribution in [0.4, 0.5) is 5.69 Å². The summed E-state index contributed by atoms with van der Waals surface area (Å²) in [6, 6.07) is 6.45. The largest absolute Gasteiger partial charge is 0.385 e. The molecular weight excluding hydrogens is 391 g/mol. The SMILES string of the molecule is CN1CCCC(CNc2ccc(I)c(Br)c2)C1. The summed E-state index contributed by atoms with van der Waals surface area (Å²) >= 11 is 5.90. The lowest BCUT2D eigenvalue weighted by Gasteiger charge is -2.30. The van der Waals surface area contributed by atoms with Gasteiger partial charge in [0.05, 0.1) is 0 Å². The Kier molecular flexibility index (Phi) is 5.11. The van der Waals surface area contributed by atoms with Crippen molar-refractivity contribution in [3.8, 4) is 0 Å². The molecule has 1 heterocycles. The van der Waals surface area contributed by atoms with E-state index in [-0.39, 0.29) is 0 Å². The summed E-state index contributed by atoms with van der Waals surface area (Å²) in [5.74, 6) is 0.784. The highest BCUT2D eigenvalue weighted by Crippen LogP contribution is 2.23. The van der Waals surface area contributed by atoms with Crippen molar-refractivity contribution >= 4 is 44.2 Å². The molecule has 1 aliphatic heterocycles. The van der Waals surface area contributed by atoms with Gasteiger partial charge in [0.2, 0.25) is 0 Å². The van der Waals surface area contributed by atoms with E-state index in [4.69, 9.17) is 0 Å². The van der Waals surface area contributed by atoms with Gasteiger partial charge in [-0.1, -0.05) is 0 Å². The third-order valence-electron chi connectivity index (χ3n) is 3.24. The summed E-state index contributed by atoms with van der Waals surface area (Å²) in [7, 11) is 2.22. The molecule has 0 saturated carbocycles. The van der Waals surface area contributed by atoms with Crippen molar-refractivity contribution in [2.24, 2.45) is 5.92 Å². The van der Waals surface area contributed by atoms with Crippen LogP contribution >= 0.6 is 38.5 Å². The second-order valence-electron chi connectivity index (χ2n) is 4.78. The molecule has 17 heavy (non-hydrogen) atoms. The summed E-state index contributed by atoms with van der Waals surface area (Å²) in [6.45, 7) is 3.56. The number of likely N-dealkylation sites (tertiary alicyclic amines) is 1. The van der Waals surface area contributed by atoms with Crippen molar-refractivity contribution in [3.63, 3.8) is 0 Å². The summed E-state index contributed by atoms with van der Waals surface area (Å²) in [5.41, 5.74) is 1.21. The van der Waals surface area contributed by atoms with Gasteiger partial charge >= 0.3 is 0 Å². The fourth-order valence-electron chi connectivity index (χ4n) is 2.31. The Morgan fingerprint density at radius 1 is 1.53 bits per heavy atom.